The van der Waals surface area contributed by atoms with Crippen molar-refractivity contribution in [1.29, 1.82) is 0 Å². The number of halogens is 1. The first-order valence-electron chi connectivity index (χ1n) is 10.2. The Balaban J connectivity index is 1.35. The van der Waals surface area contributed by atoms with E-state index in [-0.39, 0.29) is 24.3 Å². The number of hydrogen-bond acceptors (Lipinski definition) is 9. The maximum Gasteiger partial charge on any atom is 0.229 e. The Kier molecular flexibility index (Phi) is 6.99. The maximum atomic E-state index is 6.34. The van der Waals surface area contributed by atoms with Crippen LogP contribution in [0.15, 0.2) is 18.6 Å². The normalized spacial score (nSPS) is 26.5. The van der Waals surface area contributed by atoms with Crippen LogP contribution in [0.1, 0.15) is 20.3 Å². The molecule has 164 valence electrons. The Bertz CT molecular complexity index is 854. The molecule has 11 heteroatoms. The first kappa shape index (κ1) is 21.6. The van der Waals surface area contributed by atoms with E-state index in [0.29, 0.717) is 35.9 Å². The van der Waals surface area contributed by atoms with E-state index in [0.717, 1.165) is 11.4 Å². The number of rotatable bonds is 9. The summed E-state index contributed by atoms with van der Waals surface area (Å²) in [4.78, 5) is 8.76. The molecule has 4 heterocycles. The highest BCUT2D eigenvalue weighted by Gasteiger charge is 2.48. The van der Waals surface area contributed by atoms with Gasteiger partial charge in [0.1, 0.15) is 17.2 Å². The Morgan fingerprint density at radius 2 is 2.03 bits per heavy atom. The minimum atomic E-state index is -0.0486. The summed E-state index contributed by atoms with van der Waals surface area (Å²) >= 11 is 8.09. The Morgan fingerprint density at radius 3 is 2.77 bits per heavy atom. The largest absolute Gasteiger partial charge is 0.371 e. The number of aromatic nitrogens is 4. The van der Waals surface area contributed by atoms with Crippen molar-refractivity contribution in [2.24, 2.45) is 13.0 Å². The van der Waals surface area contributed by atoms with Gasteiger partial charge in [-0.2, -0.15) is 10.1 Å². The fourth-order valence-corrected chi connectivity index (χ4v) is 4.64. The quantitative estimate of drug-likeness (QED) is 0.495. The monoisotopic (exact) mass is 453 g/mol. The van der Waals surface area contributed by atoms with Crippen LogP contribution < -0.4 is 15.4 Å². The van der Waals surface area contributed by atoms with Crippen molar-refractivity contribution in [2.45, 2.75) is 44.6 Å². The zero-order valence-corrected chi connectivity index (χ0v) is 18.9. The fourth-order valence-electron chi connectivity index (χ4n) is 3.46. The second-order valence-electron chi connectivity index (χ2n) is 7.81. The first-order chi connectivity index (χ1) is 14.5. The van der Waals surface area contributed by atoms with Crippen LogP contribution in [0.2, 0.25) is 5.02 Å². The van der Waals surface area contributed by atoms with Crippen LogP contribution in [-0.2, 0) is 16.5 Å². The number of anilines is 3. The van der Waals surface area contributed by atoms with Gasteiger partial charge >= 0.3 is 0 Å². The van der Waals surface area contributed by atoms with Crippen LogP contribution in [0.25, 0.3) is 0 Å². The average Bonchev–Trinajstić information content (AvgIpc) is 3.43. The molecular formula is C19H28ClN7O2S. The van der Waals surface area contributed by atoms with Crippen LogP contribution in [0, 0.1) is 5.92 Å². The van der Waals surface area contributed by atoms with Crippen LogP contribution >= 0.6 is 23.5 Å². The van der Waals surface area contributed by atoms with E-state index in [4.69, 9.17) is 21.1 Å². The third-order valence-corrected chi connectivity index (χ3v) is 6.86. The molecule has 0 amide bonds. The van der Waals surface area contributed by atoms with Crippen molar-refractivity contribution >= 4 is 41.0 Å². The van der Waals surface area contributed by atoms with Crippen molar-refractivity contribution in [3.8, 4) is 0 Å². The van der Waals surface area contributed by atoms with E-state index in [1.807, 2.05) is 13.2 Å². The Labute approximate surface area is 185 Å². The summed E-state index contributed by atoms with van der Waals surface area (Å²) in [6, 6.07) is 0.152. The fraction of sp³-hybridized carbons (Fsp3) is 0.632. The lowest BCUT2D eigenvalue weighted by Crippen LogP contribution is -2.40. The van der Waals surface area contributed by atoms with E-state index in [1.54, 1.807) is 29.0 Å². The SMILES string of the molecule is CCC(C)CSNC1COC2C(Nc3nc(Nc4cnn(C)c4)ncc3Cl)COC12. The van der Waals surface area contributed by atoms with Crippen LogP contribution in [0.5, 0.6) is 0 Å². The van der Waals surface area contributed by atoms with Crippen LogP contribution in [-0.4, -0.2) is 63.0 Å². The number of nitrogens with one attached hydrogen (secondary N) is 3. The van der Waals surface area contributed by atoms with E-state index < -0.39 is 0 Å². The lowest BCUT2D eigenvalue weighted by Gasteiger charge is -2.19. The highest BCUT2D eigenvalue weighted by atomic mass is 35.5. The number of aryl methyl sites for hydroxylation is 1. The second-order valence-corrected chi connectivity index (χ2v) is 9.08. The topological polar surface area (TPSA) is 98.2 Å². The van der Waals surface area contributed by atoms with Crippen molar-refractivity contribution in [1.82, 2.24) is 24.5 Å². The first-order valence-corrected chi connectivity index (χ1v) is 11.5. The van der Waals surface area contributed by atoms with E-state index in [9.17, 15) is 0 Å². The molecule has 0 saturated carbocycles. The third-order valence-electron chi connectivity index (χ3n) is 5.38. The second kappa shape index (κ2) is 9.69. The molecule has 4 rings (SSSR count). The van der Waals surface area contributed by atoms with Crippen LogP contribution in [0.4, 0.5) is 17.5 Å². The molecule has 30 heavy (non-hydrogen) atoms. The molecule has 2 aliphatic rings. The van der Waals surface area contributed by atoms with Gasteiger partial charge in [-0.3, -0.25) is 9.40 Å². The number of nitrogens with zero attached hydrogens (tertiary/aromatic N) is 4. The number of ether oxygens (including phenoxy) is 2. The molecule has 0 aromatic carbocycles. The zero-order chi connectivity index (χ0) is 21.1. The molecule has 2 saturated heterocycles. The summed E-state index contributed by atoms with van der Waals surface area (Å²) in [7, 11) is 1.85. The smallest absolute Gasteiger partial charge is 0.229 e. The number of hydrogen-bond donors (Lipinski definition) is 3. The predicted octanol–water partition coefficient (Wildman–Crippen LogP) is 2.84. The average molecular weight is 454 g/mol. The molecule has 5 atom stereocenters. The van der Waals surface area contributed by atoms with Gasteiger partial charge in [0.25, 0.3) is 0 Å². The molecule has 0 radical (unpaired) electrons. The molecule has 2 fully saturated rings. The van der Waals surface area contributed by atoms with E-state index >= 15 is 0 Å². The summed E-state index contributed by atoms with van der Waals surface area (Å²) in [5, 5.41) is 11.1. The summed E-state index contributed by atoms with van der Waals surface area (Å²) in [5.74, 6) is 2.76. The molecule has 2 aromatic heterocycles. The zero-order valence-electron chi connectivity index (χ0n) is 17.3. The summed E-state index contributed by atoms with van der Waals surface area (Å²) in [6.07, 6.45) is 6.28. The third kappa shape index (κ3) is 5.00. The lowest BCUT2D eigenvalue weighted by atomic mass is 10.1. The molecule has 9 nitrogen and oxygen atoms in total. The van der Waals surface area contributed by atoms with Crippen molar-refractivity contribution in [2.75, 3.05) is 29.6 Å². The summed E-state index contributed by atoms with van der Waals surface area (Å²) < 4.78 is 17.3. The van der Waals surface area contributed by atoms with Gasteiger partial charge in [0, 0.05) is 19.0 Å². The van der Waals surface area contributed by atoms with Gasteiger partial charge in [-0.25, -0.2) is 4.98 Å². The summed E-state index contributed by atoms with van der Waals surface area (Å²) in [6.45, 7) is 5.64. The highest BCUT2D eigenvalue weighted by Crippen LogP contribution is 2.31. The molecule has 2 aliphatic heterocycles. The molecular weight excluding hydrogens is 426 g/mol. The minimum absolute atomic E-state index is 0.0144. The van der Waals surface area contributed by atoms with E-state index in [2.05, 4.69) is 44.3 Å². The molecule has 0 spiro atoms. The van der Waals surface area contributed by atoms with Gasteiger partial charge < -0.3 is 20.1 Å². The van der Waals surface area contributed by atoms with Gasteiger partial charge in [0.15, 0.2) is 5.82 Å². The highest BCUT2D eigenvalue weighted by molar-refractivity contribution is 7.97. The van der Waals surface area contributed by atoms with Gasteiger partial charge in [-0.05, 0) is 5.92 Å². The van der Waals surface area contributed by atoms with Crippen molar-refractivity contribution < 1.29 is 9.47 Å². The molecule has 5 unspecified atom stereocenters. The molecule has 3 N–H and O–H groups in total. The maximum absolute atomic E-state index is 6.34. The standard InChI is InChI=1S/C19H28ClN7O2S/c1-4-11(2)10-30-26-15-9-29-16-14(8-28-17(15)16)24-18-13(20)6-21-19(25-18)23-12-5-22-27(3)7-12/h5-7,11,14-17,26H,4,8-10H2,1-3H3,(H2,21,23,24,25). The predicted molar refractivity (Wildman–Crippen MR) is 119 cm³/mol. The van der Waals surface area contributed by atoms with E-state index in [1.165, 1.54) is 6.42 Å². The molecule has 2 aromatic rings. The molecule has 0 aliphatic carbocycles. The minimum Gasteiger partial charge on any atom is -0.371 e. The van der Waals surface area contributed by atoms with Gasteiger partial charge in [0.05, 0.1) is 43.4 Å². The van der Waals surface area contributed by atoms with Gasteiger partial charge in [-0.1, -0.05) is 43.8 Å². The number of fused-ring (bicyclic) bond motifs is 1. The van der Waals surface area contributed by atoms with Crippen molar-refractivity contribution in [3.63, 3.8) is 0 Å². The lowest BCUT2D eigenvalue weighted by molar-refractivity contribution is 0.0692. The molecule has 0 bridgehead atoms. The van der Waals surface area contributed by atoms with Crippen LogP contribution in [0.3, 0.4) is 0 Å². The van der Waals surface area contributed by atoms with Crippen molar-refractivity contribution in [3.05, 3.63) is 23.6 Å². The van der Waals surface area contributed by atoms with Gasteiger partial charge in [-0.15, -0.1) is 0 Å². The Hall–Kier alpha value is -1.59. The Morgan fingerprint density at radius 1 is 1.27 bits per heavy atom. The van der Waals surface area contributed by atoms with Gasteiger partial charge in [0.2, 0.25) is 5.95 Å². The summed E-state index contributed by atoms with van der Waals surface area (Å²) in [5.41, 5.74) is 0.804.